The molecule has 5 heteroatoms. The molecule has 106 valence electrons. The first-order chi connectivity index (χ1) is 9.04. The molecule has 0 bridgehead atoms. The summed E-state index contributed by atoms with van der Waals surface area (Å²) in [6.07, 6.45) is 1.42. The summed E-state index contributed by atoms with van der Waals surface area (Å²) in [5, 5.41) is 12.1. The van der Waals surface area contributed by atoms with Gasteiger partial charge in [0.1, 0.15) is 5.75 Å². The molecule has 0 saturated heterocycles. The fourth-order valence-corrected chi connectivity index (χ4v) is 1.84. The molecule has 1 unspecified atom stereocenters. The SMILES string of the molecule is Cc1c(Cl)cccc1OCC(=O)NC(C)CCCO. The van der Waals surface area contributed by atoms with Gasteiger partial charge in [0.25, 0.3) is 5.91 Å². The fraction of sp³-hybridized carbons (Fsp3) is 0.500. The van der Waals surface area contributed by atoms with E-state index in [1.54, 1.807) is 18.2 Å². The average molecular weight is 286 g/mol. The fourth-order valence-electron chi connectivity index (χ4n) is 1.67. The summed E-state index contributed by atoms with van der Waals surface area (Å²) in [6.45, 7) is 3.85. The number of benzene rings is 1. The first-order valence-corrected chi connectivity index (χ1v) is 6.70. The minimum Gasteiger partial charge on any atom is -0.483 e. The lowest BCUT2D eigenvalue weighted by Crippen LogP contribution is -2.36. The van der Waals surface area contributed by atoms with Crippen molar-refractivity contribution in [3.8, 4) is 5.75 Å². The summed E-state index contributed by atoms with van der Waals surface area (Å²) < 4.78 is 5.44. The number of amides is 1. The second kappa shape index (κ2) is 8.02. The molecule has 4 nitrogen and oxygen atoms in total. The molecule has 0 aliphatic rings. The predicted molar refractivity (Wildman–Crippen MR) is 75.6 cm³/mol. The first-order valence-electron chi connectivity index (χ1n) is 6.32. The molecule has 0 fully saturated rings. The van der Waals surface area contributed by atoms with E-state index in [1.807, 2.05) is 13.8 Å². The zero-order valence-corrected chi connectivity index (χ0v) is 12.0. The quantitative estimate of drug-likeness (QED) is 0.808. The average Bonchev–Trinajstić information content (AvgIpc) is 2.38. The third-order valence-corrected chi connectivity index (χ3v) is 3.19. The van der Waals surface area contributed by atoms with E-state index in [-0.39, 0.29) is 25.2 Å². The molecule has 19 heavy (non-hydrogen) atoms. The van der Waals surface area contributed by atoms with Crippen molar-refractivity contribution in [3.63, 3.8) is 0 Å². The summed E-state index contributed by atoms with van der Waals surface area (Å²) in [4.78, 5) is 11.7. The highest BCUT2D eigenvalue weighted by atomic mass is 35.5. The van der Waals surface area contributed by atoms with E-state index in [0.29, 0.717) is 17.2 Å². The maximum absolute atomic E-state index is 11.7. The Morgan fingerprint density at radius 1 is 1.53 bits per heavy atom. The molecule has 0 aliphatic heterocycles. The van der Waals surface area contributed by atoms with Gasteiger partial charge in [0.05, 0.1) is 0 Å². The zero-order valence-electron chi connectivity index (χ0n) is 11.3. The Labute approximate surface area is 118 Å². The van der Waals surface area contributed by atoms with Crippen LogP contribution in [0.1, 0.15) is 25.3 Å². The van der Waals surface area contributed by atoms with Crippen LogP contribution in [-0.2, 0) is 4.79 Å². The first kappa shape index (κ1) is 15.8. The Balaban J connectivity index is 2.40. The smallest absolute Gasteiger partial charge is 0.258 e. The molecule has 0 aliphatic carbocycles. The lowest BCUT2D eigenvalue weighted by Gasteiger charge is -2.14. The van der Waals surface area contributed by atoms with Gasteiger partial charge in [0, 0.05) is 23.2 Å². The van der Waals surface area contributed by atoms with Crippen LogP contribution in [0.4, 0.5) is 0 Å². The number of ether oxygens (including phenoxy) is 1. The highest BCUT2D eigenvalue weighted by molar-refractivity contribution is 6.31. The normalized spacial score (nSPS) is 12.0. The third kappa shape index (κ3) is 5.49. The molecule has 1 rings (SSSR count). The second-order valence-electron chi connectivity index (χ2n) is 4.49. The number of carbonyl (C=O) groups is 1. The van der Waals surface area contributed by atoms with Crippen molar-refractivity contribution in [2.24, 2.45) is 0 Å². The Morgan fingerprint density at radius 3 is 2.95 bits per heavy atom. The van der Waals surface area contributed by atoms with E-state index in [1.165, 1.54) is 0 Å². The van der Waals surface area contributed by atoms with E-state index in [4.69, 9.17) is 21.4 Å². The van der Waals surface area contributed by atoms with Gasteiger partial charge in [0.2, 0.25) is 0 Å². The number of hydrogen-bond donors (Lipinski definition) is 2. The van der Waals surface area contributed by atoms with E-state index >= 15 is 0 Å². The summed E-state index contributed by atoms with van der Waals surface area (Å²) in [7, 11) is 0. The second-order valence-corrected chi connectivity index (χ2v) is 4.89. The molecule has 0 aromatic heterocycles. The van der Waals surface area contributed by atoms with Crippen molar-refractivity contribution in [2.75, 3.05) is 13.2 Å². The van der Waals surface area contributed by atoms with Gasteiger partial charge >= 0.3 is 0 Å². The molecular formula is C14H20ClNO3. The van der Waals surface area contributed by atoms with Crippen LogP contribution in [-0.4, -0.2) is 30.3 Å². The molecule has 0 heterocycles. The van der Waals surface area contributed by atoms with Gasteiger partial charge in [0.15, 0.2) is 6.61 Å². The van der Waals surface area contributed by atoms with Crippen LogP contribution in [0.3, 0.4) is 0 Å². The van der Waals surface area contributed by atoms with E-state index in [9.17, 15) is 4.79 Å². The topological polar surface area (TPSA) is 58.6 Å². The number of hydrogen-bond acceptors (Lipinski definition) is 3. The largest absolute Gasteiger partial charge is 0.483 e. The Morgan fingerprint density at radius 2 is 2.26 bits per heavy atom. The van der Waals surface area contributed by atoms with E-state index in [2.05, 4.69) is 5.32 Å². The van der Waals surface area contributed by atoms with E-state index in [0.717, 1.165) is 12.0 Å². The van der Waals surface area contributed by atoms with Gasteiger partial charge in [-0.25, -0.2) is 0 Å². The molecule has 1 atom stereocenters. The molecule has 1 amide bonds. The number of nitrogens with one attached hydrogen (secondary N) is 1. The molecule has 0 radical (unpaired) electrons. The van der Waals surface area contributed by atoms with Crippen molar-refractivity contribution in [1.29, 1.82) is 0 Å². The third-order valence-electron chi connectivity index (χ3n) is 2.78. The Kier molecular flexibility index (Phi) is 6.67. The Hall–Kier alpha value is -1.26. The Bertz CT molecular complexity index is 423. The van der Waals surface area contributed by atoms with Gasteiger partial charge in [-0.3, -0.25) is 4.79 Å². The van der Waals surface area contributed by atoms with Crippen LogP contribution in [0.15, 0.2) is 18.2 Å². The summed E-state index contributed by atoms with van der Waals surface area (Å²) in [5.74, 6) is 0.440. The van der Waals surface area contributed by atoms with Crippen molar-refractivity contribution in [2.45, 2.75) is 32.7 Å². The van der Waals surface area contributed by atoms with Gasteiger partial charge in [-0.1, -0.05) is 17.7 Å². The maximum Gasteiger partial charge on any atom is 0.258 e. The lowest BCUT2D eigenvalue weighted by molar-refractivity contribution is -0.123. The standard InChI is InChI=1S/C14H20ClNO3/c1-10(5-4-8-17)16-14(18)9-19-13-7-3-6-12(15)11(13)2/h3,6-7,10,17H,4-5,8-9H2,1-2H3,(H,16,18). The minimum atomic E-state index is -0.176. The van der Waals surface area contributed by atoms with E-state index < -0.39 is 0 Å². The molecule has 0 saturated carbocycles. The van der Waals surface area contributed by atoms with Gasteiger partial charge in [-0.2, -0.15) is 0 Å². The molecular weight excluding hydrogens is 266 g/mol. The highest BCUT2D eigenvalue weighted by Crippen LogP contribution is 2.24. The molecule has 0 spiro atoms. The summed E-state index contributed by atoms with van der Waals surface area (Å²) >= 11 is 5.97. The van der Waals surface area contributed by atoms with Crippen molar-refractivity contribution in [1.82, 2.24) is 5.32 Å². The van der Waals surface area contributed by atoms with Gasteiger partial charge in [-0.05, 0) is 38.8 Å². The van der Waals surface area contributed by atoms with Crippen LogP contribution in [0, 0.1) is 6.92 Å². The number of rotatable bonds is 7. The van der Waals surface area contributed by atoms with Crippen molar-refractivity contribution < 1.29 is 14.6 Å². The number of aliphatic hydroxyl groups is 1. The van der Waals surface area contributed by atoms with Crippen LogP contribution >= 0.6 is 11.6 Å². The zero-order chi connectivity index (χ0) is 14.3. The summed E-state index contributed by atoms with van der Waals surface area (Å²) in [6, 6.07) is 5.38. The number of halogens is 1. The predicted octanol–water partition coefficient (Wildman–Crippen LogP) is 2.30. The molecule has 1 aromatic rings. The van der Waals surface area contributed by atoms with Crippen LogP contribution in [0.5, 0.6) is 5.75 Å². The van der Waals surface area contributed by atoms with Gasteiger partial charge < -0.3 is 15.2 Å². The monoisotopic (exact) mass is 285 g/mol. The minimum absolute atomic E-state index is 0.0312. The van der Waals surface area contributed by atoms with Gasteiger partial charge in [-0.15, -0.1) is 0 Å². The number of carbonyl (C=O) groups excluding carboxylic acids is 1. The number of aliphatic hydroxyl groups excluding tert-OH is 1. The maximum atomic E-state index is 11.7. The van der Waals surface area contributed by atoms with Crippen molar-refractivity contribution in [3.05, 3.63) is 28.8 Å². The molecule has 1 aromatic carbocycles. The van der Waals surface area contributed by atoms with Crippen LogP contribution < -0.4 is 10.1 Å². The van der Waals surface area contributed by atoms with Crippen LogP contribution in [0.2, 0.25) is 5.02 Å². The molecule has 2 N–H and O–H groups in total. The highest BCUT2D eigenvalue weighted by Gasteiger charge is 2.09. The van der Waals surface area contributed by atoms with Crippen molar-refractivity contribution >= 4 is 17.5 Å². The summed E-state index contributed by atoms with van der Waals surface area (Å²) in [5.41, 5.74) is 0.824. The van der Waals surface area contributed by atoms with Crippen LogP contribution in [0.25, 0.3) is 0 Å². The lowest BCUT2D eigenvalue weighted by atomic mass is 10.2.